The Hall–Kier alpha value is -1.63. The largest absolute Gasteiger partial charge is 0.376 e. The van der Waals surface area contributed by atoms with Gasteiger partial charge in [-0.3, -0.25) is 10.1 Å². The third kappa shape index (κ3) is 3.47. The van der Waals surface area contributed by atoms with E-state index in [-0.39, 0.29) is 5.69 Å². The van der Waals surface area contributed by atoms with Gasteiger partial charge in [-0.2, -0.15) is 5.10 Å². The lowest BCUT2D eigenvalue weighted by atomic mass is 9.98. The summed E-state index contributed by atoms with van der Waals surface area (Å²) in [6.45, 7) is 2.75. The van der Waals surface area contributed by atoms with E-state index in [1.807, 2.05) is 0 Å². The standard InChI is InChI=1S/C13H22N4O3/c1-10-12(17(18)19)13(16(2)15-10)14-8-9-20-11-6-4-3-5-7-11/h11,14H,3-9H2,1-2H3. The monoisotopic (exact) mass is 282 g/mol. The van der Waals surface area contributed by atoms with Crippen LogP contribution in [0.1, 0.15) is 37.8 Å². The predicted molar refractivity (Wildman–Crippen MR) is 75.9 cm³/mol. The highest BCUT2D eigenvalue weighted by atomic mass is 16.6. The summed E-state index contributed by atoms with van der Waals surface area (Å²) in [6.07, 6.45) is 6.40. The second-order valence-corrected chi connectivity index (χ2v) is 5.22. The van der Waals surface area contributed by atoms with Crippen LogP contribution in [0.4, 0.5) is 11.5 Å². The van der Waals surface area contributed by atoms with Crippen LogP contribution < -0.4 is 5.32 Å². The van der Waals surface area contributed by atoms with E-state index < -0.39 is 4.92 Å². The average molecular weight is 282 g/mol. The minimum absolute atomic E-state index is 0.0465. The Morgan fingerprint density at radius 3 is 2.80 bits per heavy atom. The van der Waals surface area contributed by atoms with E-state index in [1.165, 1.54) is 23.9 Å². The number of nitrogens with zero attached hydrogens (tertiary/aromatic N) is 3. The molecule has 20 heavy (non-hydrogen) atoms. The van der Waals surface area contributed by atoms with Gasteiger partial charge in [0.1, 0.15) is 5.69 Å². The summed E-state index contributed by atoms with van der Waals surface area (Å²) in [4.78, 5) is 10.6. The fourth-order valence-corrected chi connectivity index (χ4v) is 2.69. The first-order valence-corrected chi connectivity index (χ1v) is 7.13. The fraction of sp³-hybridized carbons (Fsp3) is 0.769. The van der Waals surface area contributed by atoms with Gasteiger partial charge in [0.15, 0.2) is 0 Å². The van der Waals surface area contributed by atoms with E-state index in [0.29, 0.717) is 30.8 Å². The van der Waals surface area contributed by atoms with Gasteiger partial charge in [0.05, 0.1) is 17.6 Å². The van der Waals surface area contributed by atoms with Crippen LogP contribution >= 0.6 is 0 Å². The van der Waals surface area contributed by atoms with Gasteiger partial charge in [-0.15, -0.1) is 0 Å². The lowest BCUT2D eigenvalue weighted by Crippen LogP contribution is -2.21. The molecular weight excluding hydrogens is 260 g/mol. The maximum Gasteiger partial charge on any atom is 0.333 e. The van der Waals surface area contributed by atoms with Crippen LogP contribution in [-0.2, 0) is 11.8 Å². The molecule has 0 saturated heterocycles. The Kier molecular flexibility index (Phi) is 4.94. The van der Waals surface area contributed by atoms with Crippen molar-refractivity contribution in [3.8, 4) is 0 Å². The second kappa shape index (κ2) is 6.69. The molecule has 112 valence electrons. The van der Waals surface area contributed by atoms with Crippen molar-refractivity contribution in [2.24, 2.45) is 7.05 Å². The molecule has 1 saturated carbocycles. The maximum absolute atomic E-state index is 11.0. The van der Waals surface area contributed by atoms with E-state index >= 15 is 0 Å². The minimum Gasteiger partial charge on any atom is -0.376 e. The first-order valence-electron chi connectivity index (χ1n) is 7.13. The zero-order valence-electron chi connectivity index (χ0n) is 12.1. The number of hydrogen-bond donors (Lipinski definition) is 1. The SMILES string of the molecule is Cc1nn(C)c(NCCOC2CCCCC2)c1[N+](=O)[O-]. The van der Waals surface area contributed by atoms with Crippen LogP contribution in [0.15, 0.2) is 0 Å². The first-order chi connectivity index (χ1) is 9.59. The molecule has 0 aliphatic heterocycles. The summed E-state index contributed by atoms with van der Waals surface area (Å²) in [6, 6.07) is 0. The molecule has 1 aromatic rings. The number of aromatic nitrogens is 2. The van der Waals surface area contributed by atoms with Gasteiger partial charge in [0.25, 0.3) is 0 Å². The number of nitrogens with one attached hydrogen (secondary N) is 1. The molecule has 7 nitrogen and oxygen atoms in total. The predicted octanol–water partition coefficient (Wildman–Crippen LogP) is 2.40. The third-order valence-electron chi connectivity index (χ3n) is 3.67. The number of rotatable bonds is 6. The maximum atomic E-state index is 11.0. The third-order valence-corrected chi connectivity index (χ3v) is 3.67. The molecule has 0 amide bonds. The molecule has 1 aliphatic carbocycles. The Balaban J connectivity index is 1.83. The summed E-state index contributed by atoms with van der Waals surface area (Å²) in [5.74, 6) is 0.444. The number of hydrogen-bond acceptors (Lipinski definition) is 5. The number of aryl methyl sites for hydroxylation is 2. The normalized spacial score (nSPS) is 16.3. The van der Waals surface area contributed by atoms with E-state index in [4.69, 9.17) is 4.74 Å². The highest BCUT2D eigenvalue weighted by Gasteiger charge is 2.23. The molecule has 0 aromatic carbocycles. The van der Waals surface area contributed by atoms with Crippen molar-refractivity contribution in [2.45, 2.75) is 45.1 Å². The molecule has 2 rings (SSSR count). The molecule has 0 atom stereocenters. The van der Waals surface area contributed by atoms with Crippen LogP contribution in [0, 0.1) is 17.0 Å². The second-order valence-electron chi connectivity index (χ2n) is 5.22. The van der Waals surface area contributed by atoms with Gasteiger partial charge in [0.2, 0.25) is 5.82 Å². The molecule has 7 heteroatoms. The highest BCUT2D eigenvalue weighted by molar-refractivity contribution is 5.59. The Bertz CT molecular complexity index is 466. The number of nitro groups is 1. The van der Waals surface area contributed by atoms with Crippen LogP contribution in [-0.4, -0.2) is 34.0 Å². The lowest BCUT2D eigenvalue weighted by Gasteiger charge is -2.22. The quantitative estimate of drug-likeness (QED) is 0.492. The average Bonchev–Trinajstić information content (AvgIpc) is 2.70. The van der Waals surface area contributed by atoms with Crippen LogP contribution in [0.25, 0.3) is 0 Å². The van der Waals surface area contributed by atoms with Gasteiger partial charge in [-0.1, -0.05) is 19.3 Å². The lowest BCUT2D eigenvalue weighted by molar-refractivity contribution is -0.384. The Labute approximate surface area is 118 Å². The zero-order chi connectivity index (χ0) is 14.5. The van der Waals surface area contributed by atoms with Crippen LogP contribution in [0.2, 0.25) is 0 Å². The molecular formula is C13H22N4O3. The van der Waals surface area contributed by atoms with Gasteiger partial charge < -0.3 is 10.1 Å². The molecule has 1 fully saturated rings. The van der Waals surface area contributed by atoms with Crippen molar-refractivity contribution >= 4 is 11.5 Å². The van der Waals surface area contributed by atoms with Crippen molar-refractivity contribution in [1.29, 1.82) is 0 Å². The number of ether oxygens (including phenoxy) is 1. The molecule has 0 radical (unpaired) electrons. The summed E-state index contributed by atoms with van der Waals surface area (Å²) in [5, 5.41) is 18.1. The van der Waals surface area contributed by atoms with Crippen molar-refractivity contribution < 1.29 is 9.66 Å². The van der Waals surface area contributed by atoms with E-state index in [0.717, 1.165) is 12.8 Å². The van der Waals surface area contributed by atoms with Gasteiger partial charge >= 0.3 is 5.69 Å². The fourth-order valence-electron chi connectivity index (χ4n) is 2.69. The summed E-state index contributed by atoms with van der Waals surface area (Å²) in [5.41, 5.74) is 0.471. The van der Waals surface area contributed by atoms with E-state index in [2.05, 4.69) is 10.4 Å². The Morgan fingerprint density at radius 2 is 2.15 bits per heavy atom. The summed E-state index contributed by atoms with van der Waals surface area (Å²) >= 11 is 0. The van der Waals surface area contributed by atoms with Crippen molar-refractivity contribution in [3.05, 3.63) is 15.8 Å². The van der Waals surface area contributed by atoms with E-state index in [1.54, 1.807) is 14.0 Å². The topological polar surface area (TPSA) is 82.2 Å². The first kappa shape index (κ1) is 14.8. The molecule has 1 aromatic heterocycles. The molecule has 0 unspecified atom stereocenters. The van der Waals surface area contributed by atoms with Crippen LogP contribution in [0.3, 0.4) is 0 Å². The van der Waals surface area contributed by atoms with Crippen LogP contribution in [0.5, 0.6) is 0 Å². The van der Waals surface area contributed by atoms with Crippen molar-refractivity contribution in [2.75, 3.05) is 18.5 Å². The highest BCUT2D eigenvalue weighted by Crippen LogP contribution is 2.27. The van der Waals surface area contributed by atoms with Crippen molar-refractivity contribution in [3.63, 3.8) is 0 Å². The van der Waals surface area contributed by atoms with Gasteiger partial charge in [-0.25, -0.2) is 4.68 Å². The van der Waals surface area contributed by atoms with Gasteiger partial charge in [-0.05, 0) is 19.8 Å². The Morgan fingerprint density at radius 1 is 1.45 bits per heavy atom. The summed E-state index contributed by atoms with van der Waals surface area (Å²) in [7, 11) is 1.70. The zero-order valence-corrected chi connectivity index (χ0v) is 12.1. The molecule has 0 bridgehead atoms. The van der Waals surface area contributed by atoms with Crippen molar-refractivity contribution in [1.82, 2.24) is 9.78 Å². The molecule has 0 spiro atoms. The summed E-state index contributed by atoms with van der Waals surface area (Å²) < 4.78 is 7.30. The molecule has 1 N–H and O–H groups in total. The molecule has 1 heterocycles. The van der Waals surface area contributed by atoms with Gasteiger partial charge in [0, 0.05) is 13.6 Å². The minimum atomic E-state index is -0.396. The van der Waals surface area contributed by atoms with E-state index in [9.17, 15) is 10.1 Å². The smallest absolute Gasteiger partial charge is 0.333 e. The number of anilines is 1. The molecule has 1 aliphatic rings.